The van der Waals surface area contributed by atoms with E-state index in [1.54, 1.807) is 0 Å². The Bertz CT molecular complexity index is 84.7. The van der Waals surface area contributed by atoms with E-state index in [9.17, 15) is 0 Å². The minimum Gasteiger partial charge on any atom is -0.0709 e. The molecule has 0 N–H and O–H groups in total. The van der Waals surface area contributed by atoms with Crippen molar-refractivity contribution in [2.75, 3.05) is 0 Å². The molecule has 0 spiro atoms. The third kappa shape index (κ3) is 2.58. The number of halogens is 2. The molecule has 0 fully saturated rings. The van der Waals surface area contributed by atoms with Crippen molar-refractivity contribution in [3.05, 3.63) is 10.1 Å². The molecule has 0 atom stereocenters. The van der Waals surface area contributed by atoms with Crippen LogP contribution in [0.25, 0.3) is 0 Å². The monoisotopic (exact) mass is 152 g/mol. The van der Waals surface area contributed by atoms with Gasteiger partial charge in [-0.05, 0) is 18.4 Å². The predicted molar refractivity (Wildman–Crippen MR) is 39.3 cm³/mol. The largest absolute Gasteiger partial charge is 0.106 e. The number of allylic oxidation sites excluding steroid dienone is 1. The fourth-order valence-corrected chi connectivity index (χ4v) is 1.05. The van der Waals surface area contributed by atoms with Crippen LogP contribution in [0, 0.1) is 0 Å². The van der Waals surface area contributed by atoms with Gasteiger partial charge >= 0.3 is 0 Å². The summed E-state index contributed by atoms with van der Waals surface area (Å²) < 4.78 is 0.440. The van der Waals surface area contributed by atoms with Gasteiger partial charge in [0.05, 0.1) is 0 Å². The fraction of sp³-hybridized carbons (Fsp3) is 0.667. The maximum Gasteiger partial charge on any atom is 0.106 e. The molecule has 48 valence electrons. The van der Waals surface area contributed by atoms with Crippen LogP contribution in [0.4, 0.5) is 0 Å². The molecule has 0 nitrogen and oxygen atoms in total. The van der Waals surface area contributed by atoms with Crippen molar-refractivity contribution in [2.45, 2.75) is 26.7 Å². The molecular formula is C6H10Cl2. The summed E-state index contributed by atoms with van der Waals surface area (Å²) in [6.45, 7) is 4.09. The molecule has 0 aliphatic carbocycles. The first-order valence-corrected chi connectivity index (χ1v) is 3.51. The maximum atomic E-state index is 5.49. The third-order valence-corrected chi connectivity index (χ3v) is 1.66. The molecule has 0 aromatic rings. The van der Waals surface area contributed by atoms with Crippen molar-refractivity contribution in [2.24, 2.45) is 0 Å². The summed E-state index contributed by atoms with van der Waals surface area (Å²) in [6, 6.07) is 0. The Labute approximate surface area is 60.5 Å². The van der Waals surface area contributed by atoms with E-state index in [1.807, 2.05) is 13.8 Å². The van der Waals surface area contributed by atoms with Crippen LogP contribution in [0.3, 0.4) is 0 Å². The van der Waals surface area contributed by atoms with Crippen LogP contribution in [-0.4, -0.2) is 0 Å². The van der Waals surface area contributed by atoms with Gasteiger partial charge < -0.3 is 0 Å². The lowest BCUT2D eigenvalue weighted by atomic mass is 10.2. The average molecular weight is 153 g/mol. The Balaban J connectivity index is 3.86. The first-order chi connectivity index (χ1) is 3.72. The normalized spacial score (nSPS) is 9.00. The number of rotatable bonds is 2. The maximum absolute atomic E-state index is 5.49. The van der Waals surface area contributed by atoms with Crippen molar-refractivity contribution in [1.82, 2.24) is 0 Å². The summed E-state index contributed by atoms with van der Waals surface area (Å²) in [4.78, 5) is 0. The van der Waals surface area contributed by atoms with E-state index in [4.69, 9.17) is 23.2 Å². The zero-order valence-electron chi connectivity index (χ0n) is 5.17. The Hall–Kier alpha value is 0.320. The molecule has 0 unspecified atom stereocenters. The van der Waals surface area contributed by atoms with Crippen LogP contribution in [-0.2, 0) is 0 Å². The van der Waals surface area contributed by atoms with Crippen LogP contribution < -0.4 is 0 Å². The number of hydrogen-bond acceptors (Lipinski definition) is 0. The summed E-state index contributed by atoms with van der Waals surface area (Å²) in [5.41, 5.74) is 1.13. The lowest BCUT2D eigenvalue weighted by Crippen LogP contribution is -1.76. The van der Waals surface area contributed by atoms with E-state index in [0.717, 1.165) is 18.4 Å². The summed E-state index contributed by atoms with van der Waals surface area (Å²) in [6.07, 6.45) is 1.91. The van der Waals surface area contributed by atoms with Crippen LogP contribution in [0.2, 0.25) is 0 Å². The van der Waals surface area contributed by atoms with Crippen molar-refractivity contribution in [1.29, 1.82) is 0 Å². The molecule has 0 aromatic carbocycles. The SMILES string of the molecule is CCC(CC)=C(Cl)Cl. The highest BCUT2D eigenvalue weighted by Gasteiger charge is 1.94. The quantitative estimate of drug-likeness (QED) is 0.569. The molecule has 0 amide bonds. The third-order valence-electron chi connectivity index (χ3n) is 1.12. The Morgan fingerprint density at radius 3 is 1.50 bits per heavy atom. The lowest BCUT2D eigenvalue weighted by Gasteiger charge is -1.96. The highest BCUT2D eigenvalue weighted by molar-refractivity contribution is 6.56. The molecule has 0 aliphatic rings. The van der Waals surface area contributed by atoms with Crippen molar-refractivity contribution in [3.63, 3.8) is 0 Å². The van der Waals surface area contributed by atoms with Crippen molar-refractivity contribution in [3.8, 4) is 0 Å². The summed E-state index contributed by atoms with van der Waals surface area (Å²) >= 11 is 11.0. The van der Waals surface area contributed by atoms with Gasteiger partial charge in [-0.15, -0.1) is 0 Å². The van der Waals surface area contributed by atoms with E-state index >= 15 is 0 Å². The predicted octanol–water partition coefficient (Wildman–Crippen LogP) is 3.50. The van der Waals surface area contributed by atoms with Gasteiger partial charge in [0.2, 0.25) is 0 Å². The number of hydrogen-bond donors (Lipinski definition) is 0. The molecule has 0 radical (unpaired) electrons. The van der Waals surface area contributed by atoms with E-state index in [2.05, 4.69) is 0 Å². The second kappa shape index (κ2) is 4.22. The van der Waals surface area contributed by atoms with Gasteiger partial charge in [0.1, 0.15) is 4.49 Å². The van der Waals surface area contributed by atoms with E-state index in [1.165, 1.54) is 0 Å². The van der Waals surface area contributed by atoms with E-state index in [-0.39, 0.29) is 0 Å². The Morgan fingerprint density at radius 1 is 1.12 bits per heavy atom. The van der Waals surface area contributed by atoms with Gasteiger partial charge in [-0.25, -0.2) is 0 Å². The zero-order chi connectivity index (χ0) is 6.57. The molecule has 0 aromatic heterocycles. The summed E-state index contributed by atoms with van der Waals surface area (Å²) in [5, 5.41) is 0. The summed E-state index contributed by atoms with van der Waals surface area (Å²) in [5.74, 6) is 0. The molecular weight excluding hydrogens is 143 g/mol. The van der Waals surface area contributed by atoms with E-state index in [0.29, 0.717) is 4.49 Å². The smallest absolute Gasteiger partial charge is 0.0709 e. The topological polar surface area (TPSA) is 0 Å². The van der Waals surface area contributed by atoms with Gasteiger partial charge in [0.25, 0.3) is 0 Å². The minimum atomic E-state index is 0.440. The Kier molecular flexibility index (Phi) is 4.39. The highest BCUT2D eigenvalue weighted by atomic mass is 35.5. The van der Waals surface area contributed by atoms with Gasteiger partial charge in [-0.2, -0.15) is 0 Å². The molecule has 0 bridgehead atoms. The molecule has 0 saturated carbocycles. The van der Waals surface area contributed by atoms with Crippen molar-refractivity contribution < 1.29 is 0 Å². The summed E-state index contributed by atoms with van der Waals surface area (Å²) in [7, 11) is 0. The molecule has 0 saturated heterocycles. The van der Waals surface area contributed by atoms with Crippen LogP contribution >= 0.6 is 23.2 Å². The minimum absolute atomic E-state index is 0.440. The average Bonchev–Trinajstić information content (AvgIpc) is 1.69. The second-order valence-corrected chi connectivity index (χ2v) is 2.52. The molecule has 0 rings (SSSR count). The Morgan fingerprint density at radius 2 is 1.50 bits per heavy atom. The second-order valence-electron chi connectivity index (χ2n) is 1.57. The first-order valence-electron chi connectivity index (χ1n) is 2.75. The van der Waals surface area contributed by atoms with Gasteiger partial charge in [0, 0.05) is 0 Å². The van der Waals surface area contributed by atoms with Crippen LogP contribution in [0.1, 0.15) is 26.7 Å². The van der Waals surface area contributed by atoms with Crippen LogP contribution in [0.15, 0.2) is 10.1 Å². The first kappa shape index (κ1) is 8.32. The molecule has 8 heavy (non-hydrogen) atoms. The van der Waals surface area contributed by atoms with Gasteiger partial charge in [-0.3, -0.25) is 0 Å². The van der Waals surface area contributed by atoms with Crippen LogP contribution in [0.5, 0.6) is 0 Å². The lowest BCUT2D eigenvalue weighted by molar-refractivity contribution is 0.979. The molecule has 0 aliphatic heterocycles. The zero-order valence-corrected chi connectivity index (χ0v) is 6.68. The molecule has 0 heterocycles. The van der Waals surface area contributed by atoms with Gasteiger partial charge in [-0.1, -0.05) is 37.0 Å². The highest BCUT2D eigenvalue weighted by Crippen LogP contribution is 2.18. The molecule has 2 heteroatoms. The van der Waals surface area contributed by atoms with Gasteiger partial charge in [0.15, 0.2) is 0 Å². The van der Waals surface area contributed by atoms with E-state index < -0.39 is 0 Å². The fourth-order valence-electron chi connectivity index (χ4n) is 0.517. The van der Waals surface area contributed by atoms with Crippen molar-refractivity contribution >= 4 is 23.2 Å². The standard InChI is InChI=1S/C6H10Cl2/c1-3-5(4-2)6(7)8/h3-4H2,1-2H3.